The van der Waals surface area contributed by atoms with Gasteiger partial charge in [-0.25, -0.2) is 0 Å². The van der Waals surface area contributed by atoms with E-state index in [1.165, 1.54) is 4.90 Å². The van der Waals surface area contributed by atoms with Crippen LogP contribution >= 0.6 is 15.9 Å². The number of hydrogen-bond acceptors (Lipinski definition) is 8. The maximum atomic E-state index is 14.2. The van der Waals surface area contributed by atoms with Gasteiger partial charge in [-0.15, -0.1) is 0 Å². The van der Waals surface area contributed by atoms with Gasteiger partial charge in [0.05, 0.1) is 50.4 Å². The van der Waals surface area contributed by atoms with Gasteiger partial charge in [0.2, 0.25) is 17.7 Å². The molecule has 4 saturated heterocycles. The lowest BCUT2D eigenvalue weighted by molar-refractivity contribution is -0.146. The lowest BCUT2D eigenvalue weighted by atomic mass is 9.70. The molecule has 41 heavy (non-hydrogen) atoms. The molecule has 2 bridgehead atoms. The summed E-state index contributed by atoms with van der Waals surface area (Å²) in [7, 11) is 0. The average molecular weight is 638 g/mol. The Morgan fingerprint density at radius 1 is 1.20 bits per heavy atom. The molecule has 0 radical (unpaired) electrons. The monoisotopic (exact) mass is 636 g/mol. The molecular formula is C29H41BrN4O7. The Balaban J connectivity index is 1.40. The van der Waals surface area contributed by atoms with Gasteiger partial charge in [0.1, 0.15) is 17.4 Å². The number of nitrogens with zero attached hydrogens (tertiary/aromatic N) is 2. The summed E-state index contributed by atoms with van der Waals surface area (Å²) in [4.78, 5) is 45.5. The Hall–Kier alpha value is -2.25. The first-order valence-electron chi connectivity index (χ1n) is 14.6. The molecule has 7 atom stereocenters. The van der Waals surface area contributed by atoms with E-state index in [4.69, 9.17) is 14.2 Å². The highest BCUT2D eigenvalue weighted by molar-refractivity contribution is 9.09. The zero-order chi connectivity index (χ0) is 29.3. The molecule has 12 heteroatoms. The molecule has 0 aliphatic carbocycles. The van der Waals surface area contributed by atoms with Crippen LogP contribution in [0.5, 0.6) is 5.75 Å². The number of carbonyl (C=O) groups is 3. The van der Waals surface area contributed by atoms with Crippen molar-refractivity contribution in [2.24, 2.45) is 17.8 Å². The molecule has 4 heterocycles. The Kier molecular flexibility index (Phi) is 9.25. The molecule has 5 rings (SSSR count). The molecule has 4 aliphatic heterocycles. The summed E-state index contributed by atoms with van der Waals surface area (Å²) in [6, 6.07) is 5.51. The predicted octanol–water partition coefficient (Wildman–Crippen LogP) is 1.24. The topological polar surface area (TPSA) is 130 Å². The van der Waals surface area contributed by atoms with Gasteiger partial charge in [-0.3, -0.25) is 19.3 Å². The Labute approximate surface area is 249 Å². The molecule has 226 valence electrons. The molecule has 0 aromatic heterocycles. The zero-order valence-corrected chi connectivity index (χ0v) is 25.5. The fourth-order valence-electron chi connectivity index (χ4n) is 6.93. The second kappa shape index (κ2) is 12.5. The van der Waals surface area contributed by atoms with E-state index in [-0.39, 0.29) is 35.1 Å². The van der Waals surface area contributed by atoms with Crippen molar-refractivity contribution in [3.63, 3.8) is 0 Å². The molecular weight excluding hydrogens is 596 g/mol. The van der Waals surface area contributed by atoms with Gasteiger partial charge < -0.3 is 34.9 Å². The minimum atomic E-state index is -1.18. The number of alkyl halides is 1. The number of ether oxygens (including phenoxy) is 3. The highest BCUT2D eigenvalue weighted by atomic mass is 79.9. The summed E-state index contributed by atoms with van der Waals surface area (Å²) in [5.41, 5.74) is -0.598. The number of aliphatic hydroxyl groups excluding tert-OH is 1. The molecule has 4 fully saturated rings. The second-order valence-electron chi connectivity index (χ2n) is 11.6. The Morgan fingerprint density at radius 2 is 1.90 bits per heavy atom. The first-order chi connectivity index (χ1) is 19.7. The number of carbonyl (C=O) groups excluding carboxylic acids is 3. The van der Waals surface area contributed by atoms with E-state index in [0.717, 1.165) is 13.1 Å². The number of rotatable bonds is 11. The first-order valence-corrected chi connectivity index (χ1v) is 15.5. The van der Waals surface area contributed by atoms with Gasteiger partial charge in [-0.2, -0.15) is 0 Å². The van der Waals surface area contributed by atoms with Gasteiger partial charge >= 0.3 is 0 Å². The standard InChI is InChI=1S/C29H41BrN4O7/c1-4-40-19-7-5-18(6-8-19)32-26(36)22-23-28(38)34(21(16-35)17(2)3)25(29(23)15-20(30)24(22)41-29)27(37)31-9-10-33-11-13-39-14-12-33/h5-8,17,20-25,35H,4,9-16H2,1-3H3,(H,31,37)(H,32,36)/t20?,21-,22+,23-,24+,25?,29?/m0/s1. The van der Waals surface area contributed by atoms with Crippen molar-refractivity contribution in [3.05, 3.63) is 24.3 Å². The van der Waals surface area contributed by atoms with Gasteiger partial charge in [-0.05, 0) is 43.5 Å². The Morgan fingerprint density at radius 3 is 2.54 bits per heavy atom. The number of likely N-dealkylation sites (tertiary alicyclic amines) is 1. The van der Waals surface area contributed by atoms with Gasteiger partial charge in [0.15, 0.2) is 0 Å². The van der Waals surface area contributed by atoms with Gasteiger partial charge in [-0.1, -0.05) is 29.8 Å². The summed E-state index contributed by atoms with van der Waals surface area (Å²) < 4.78 is 17.5. The molecule has 4 aliphatic rings. The van der Waals surface area contributed by atoms with Crippen molar-refractivity contribution >= 4 is 39.3 Å². The minimum Gasteiger partial charge on any atom is -0.494 e. The van der Waals surface area contributed by atoms with E-state index >= 15 is 0 Å². The number of amides is 3. The van der Waals surface area contributed by atoms with Crippen molar-refractivity contribution in [2.75, 3.05) is 57.9 Å². The molecule has 1 spiro atoms. The van der Waals surface area contributed by atoms with Crippen LogP contribution in [0.15, 0.2) is 24.3 Å². The lowest BCUT2D eigenvalue weighted by Gasteiger charge is -2.38. The van der Waals surface area contributed by atoms with E-state index in [9.17, 15) is 19.5 Å². The van der Waals surface area contributed by atoms with Crippen LogP contribution in [-0.4, -0.2) is 114 Å². The maximum absolute atomic E-state index is 14.2. The third-order valence-electron chi connectivity index (χ3n) is 8.86. The van der Waals surface area contributed by atoms with E-state index in [0.29, 0.717) is 50.8 Å². The fraction of sp³-hybridized carbons (Fsp3) is 0.690. The number of anilines is 1. The number of aliphatic hydroxyl groups is 1. The van der Waals surface area contributed by atoms with Crippen molar-refractivity contribution in [2.45, 2.75) is 55.8 Å². The van der Waals surface area contributed by atoms with Crippen molar-refractivity contribution in [3.8, 4) is 5.75 Å². The molecule has 1 aromatic rings. The van der Waals surface area contributed by atoms with Crippen LogP contribution in [0, 0.1) is 17.8 Å². The molecule has 3 N–H and O–H groups in total. The molecule has 3 amide bonds. The number of fused-ring (bicyclic) bond motifs is 1. The summed E-state index contributed by atoms with van der Waals surface area (Å²) in [5, 5.41) is 16.3. The maximum Gasteiger partial charge on any atom is 0.245 e. The molecule has 3 unspecified atom stereocenters. The van der Waals surface area contributed by atoms with Crippen molar-refractivity contribution in [1.29, 1.82) is 0 Å². The second-order valence-corrected chi connectivity index (χ2v) is 12.8. The predicted molar refractivity (Wildman–Crippen MR) is 155 cm³/mol. The molecule has 0 saturated carbocycles. The highest BCUT2D eigenvalue weighted by Gasteiger charge is 2.77. The van der Waals surface area contributed by atoms with Gasteiger partial charge in [0.25, 0.3) is 0 Å². The summed E-state index contributed by atoms with van der Waals surface area (Å²) in [5.74, 6) is -2.03. The smallest absolute Gasteiger partial charge is 0.245 e. The largest absolute Gasteiger partial charge is 0.494 e. The quantitative estimate of drug-likeness (QED) is 0.310. The average Bonchev–Trinajstić information content (AvgIpc) is 3.54. The normalized spacial score (nSPS) is 31.8. The zero-order valence-electron chi connectivity index (χ0n) is 23.9. The summed E-state index contributed by atoms with van der Waals surface area (Å²) in [6.45, 7) is 9.97. The van der Waals surface area contributed by atoms with Crippen LogP contribution < -0.4 is 15.4 Å². The van der Waals surface area contributed by atoms with E-state index < -0.39 is 35.6 Å². The fourth-order valence-corrected chi connectivity index (χ4v) is 7.87. The number of nitrogens with one attached hydrogen (secondary N) is 2. The third-order valence-corrected chi connectivity index (χ3v) is 9.70. The molecule has 1 aromatic carbocycles. The first kappa shape index (κ1) is 30.2. The van der Waals surface area contributed by atoms with Crippen molar-refractivity contribution < 1.29 is 33.7 Å². The SMILES string of the molecule is CCOc1ccc(NC(=O)[C@H]2[C@@H]3OC4(CC3Br)C(C(=O)NCCN3CCOCC3)N([C@@H](CO)C(C)C)C(=O)[C@H]24)cc1. The van der Waals surface area contributed by atoms with Crippen LogP contribution in [0.2, 0.25) is 0 Å². The van der Waals surface area contributed by atoms with Gasteiger partial charge in [0, 0.05) is 36.7 Å². The lowest BCUT2D eigenvalue weighted by Crippen LogP contribution is -2.59. The van der Waals surface area contributed by atoms with Crippen molar-refractivity contribution in [1.82, 2.24) is 15.1 Å². The third kappa shape index (κ3) is 5.61. The number of morpholine rings is 1. The van der Waals surface area contributed by atoms with E-state index in [1.54, 1.807) is 24.3 Å². The number of benzene rings is 1. The van der Waals surface area contributed by atoms with Crippen LogP contribution in [0.25, 0.3) is 0 Å². The summed E-state index contributed by atoms with van der Waals surface area (Å²) in [6.07, 6.45) is -0.154. The minimum absolute atomic E-state index is 0.115. The number of halogens is 1. The van der Waals surface area contributed by atoms with Crippen LogP contribution in [0.1, 0.15) is 27.2 Å². The number of hydrogen-bond donors (Lipinski definition) is 3. The summed E-state index contributed by atoms with van der Waals surface area (Å²) >= 11 is 3.70. The Bertz CT molecular complexity index is 1110. The van der Waals surface area contributed by atoms with E-state index in [1.807, 2.05) is 20.8 Å². The van der Waals surface area contributed by atoms with E-state index in [2.05, 4.69) is 31.5 Å². The van der Waals surface area contributed by atoms with Crippen LogP contribution in [0.4, 0.5) is 5.69 Å². The van der Waals surface area contributed by atoms with Crippen LogP contribution in [0.3, 0.4) is 0 Å². The highest BCUT2D eigenvalue weighted by Crippen LogP contribution is 2.60. The van der Waals surface area contributed by atoms with Crippen LogP contribution in [-0.2, 0) is 23.9 Å². The molecule has 11 nitrogen and oxygen atoms in total.